The van der Waals surface area contributed by atoms with Crippen LogP contribution in [0.15, 0.2) is 24.8 Å². The van der Waals surface area contributed by atoms with Crippen molar-refractivity contribution in [2.45, 2.75) is 88.4 Å². The first-order valence-corrected chi connectivity index (χ1v) is 14.9. The molecule has 0 aliphatic carbocycles. The molecule has 1 saturated heterocycles. The normalized spacial score (nSPS) is 23.3. The molecule has 0 radical (unpaired) electrons. The van der Waals surface area contributed by atoms with Crippen LogP contribution in [0.2, 0.25) is 0 Å². The molecule has 2 aliphatic rings. The van der Waals surface area contributed by atoms with Crippen molar-refractivity contribution in [3.63, 3.8) is 0 Å². The fourth-order valence-corrected chi connectivity index (χ4v) is 5.20. The maximum absolute atomic E-state index is 12.5. The van der Waals surface area contributed by atoms with Crippen LogP contribution in [0.5, 0.6) is 0 Å². The molecule has 2 aliphatic heterocycles. The lowest BCUT2D eigenvalue weighted by Crippen LogP contribution is -2.66. The molecule has 0 spiro atoms. The van der Waals surface area contributed by atoms with Crippen LogP contribution >= 0.6 is 0 Å². The number of aliphatic hydroxyl groups excluding tert-OH is 3. The smallest absolute Gasteiger partial charge is 0.253 e. The molecular formula is C28H40N8O8. The van der Waals surface area contributed by atoms with Crippen LogP contribution in [0.3, 0.4) is 0 Å². The van der Waals surface area contributed by atoms with Gasteiger partial charge in [-0.3, -0.25) is 24.1 Å². The standard InChI is InChI=1S/C28H40N8O8/c37-14-17-22(24(42)25(43)28(44-17)35-27-23-26(31-15-30-23)32-16-33-27)34-19(39)13-29-18(38)9-7-5-3-1-2-4-6-8-12-36-20(40)10-11-21(36)41/h10-11,15-17,22,24-25,28,37,42-43H,1-9,12-14H2,(H,29,38)(H,34,39)(H2,30,31,32,33,35)/t17-,22-,24+,25-,28-/m0/s1. The van der Waals surface area contributed by atoms with E-state index in [0.29, 0.717) is 24.1 Å². The molecule has 16 heteroatoms. The number of rotatable bonds is 17. The minimum atomic E-state index is -1.49. The predicted octanol–water partition coefficient (Wildman–Crippen LogP) is -0.759. The lowest BCUT2D eigenvalue weighted by Gasteiger charge is -2.42. The van der Waals surface area contributed by atoms with Gasteiger partial charge in [0.25, 0.3) is 11.8 Å². The monoisotopic (exact) mass is 616 g/mol. The molecule has 4 heterocycles. The molecule has 0 unspecified atom stereocenters. The van der Waals surface area contributed by atoms with Gasteiger partial charge in [0.2, 0.25) is 11.8 Å². The minimum Gasteiger partial charge on any atom is -0.394 e. The number of carbonyl (C=O) groups is 4. The Morgan fingerprint density at radius 2 is 1.59 bits per heavy atom. The number of anilines is 1. The van der Waals surface area contributed by atoms with E-state index in [9.17, 15) is 34.5 Å². The van der Waals surface area contributed by atoms with E-state index in [0.717, 1.165) is 44.9 Å². The number of imide groups is 1. The first-order valence-electron chi connectivity index (χ1n) is 14.9. The van der Waals surface area contributed by atoms with Crippen molar-refractivity contribution in [1.82, 2.24) is 35.5 Å². The molecule has 2 aromatic heterocycles. The molecule has 4 amide bonds. The summed E-state index contributed by atoms with van der Waals surface area (Å²) in [4.78, 5) is 64.0. The van der Waals surface area contributed by atoms with Crippen LogP contribution in [0.1, 0.15) is 57.8 Å². The lowest BCUT2D eigenvalue weighted by molar-refractivity contribution is -0.185. The third-order valence-electron chi connectivity index (χ3n) is 7.64. The first-order chi connectivity index (χ1) is 21.3. The highest BCUT2D eigenvalue weighted by atomic mass is 16.5. The van der Waals surface area contributed by atoms with Gasteiger partial charge in [0.05, 0.1) is 25.5 Å². The van der Waals surface area contributed by atoms with Gasteiger partial charge in [0, 0.05) is 25.1 Å². The number of aliphatic hydroxyl groups is 3. The van der Waals surface area contributed by atoms with E-state index in [2.05, 4.69) is 35.9 Å². The molecule has 1 fully saturated rings. The average Bonchev–Trinajstić information content (AvgIpc) is 3.63. The molecule has 0 aromatic carbocycles. The third kappa shape index (κ3) is 8.78. The summed E-state index contributed by atoms with van der Waals surface area (Å²) >= 11 is 0. The molecule has 44 heavy (non-hydrogen) atoms. The van der Waals surface area contributed by atoms with Gasteiger partial charge in [-0.2, -0.15) is 0 Å². The van der Waals surface area contributed by atoms with E-state index in [1.54, 1.807) is 0 Å². The molecule has 5 atom stereocenters. The van der Waals surface area contributed by atoms with E-state index in [1.807, 2.05) is 0 Å². The summed E-state index contributed by atoms with van der Waals surface area (Å²) in [6.07, 6.45) is 7.71. The summed E-state index contributed by atoms with van der Waals surface area (Å²) in [6, 6.07) is -1.13. The molecule has 2 aromatic rings. The van der Waals surface area contributed by atoms with Gasteiger partial charge in [-0.05, 0) is 12.8 Å². The minimum absolute atomic E-state index is 0.244. The predicted molar refractivity (Wildman–Crippen MR) is 155 cm³/mol. The zero-order valence-electron chi connectivity index (χ0n) is 24.4. The molecule has 7 N–H and O–H groups in total. The van der Waals surface area contributed by atoms with Crippen LogP contribution in [0.25, 0.3) is 11.2 Å². The van der Waals surface area contributed by atoms with Crippen molar-refractivity contribution in [1.29, 1.82) is 0 Å². The van der Waals surface area contributed by atoms with E-state index in [-0.39, 0.29) is 36.5 Å². The van der Waals surface area contributed by atoms with Gasteiger partial charge in [-0.25, -0.2) is 15.0 Å². The van der Waals surface area contributed by atoms with Crippen LogP contribution < -0.4 is 16.0 Å². The van der Waals surface area contributed by atoms with Crippen molar-refractivity contribution in [2.24, 2.45) is 0 Å². The van der Waals surface area contributed by atoms with Crippen molar-refractivity contribution >= 4 is 40.6 Å². The summed E-state index contributed by atoms with van der Waals surface area (Å²) < 4.78 is 5.73. The van der Waals surface area contributed by atoms with Crippen LogP contribution in [0, 0.1) is 0 Å². The fraction of sp³-hybridized carbons (Fsp3) is 0.607. The largest absolute Gasteiger partial charge is 0.394 e. The number of amides is 4. The summed E-state index contributed by atoms with van der Waals surface area (Å²) in [6.45, 7) is -0.433. The highest BCUT2D eigenvalue weighted by molar-refractivity contribution is 6.12. The number of hydrogen-bond acceptors (Lipinski definition) is 12. The summed E-state index contributed by atoms with van der Waals surface area (Å²) in [7, 11) is 0. The Balaban J connectivity index is 1.07. The Bertz CT molecular complexity index is 1300. The maximum atomic E-state index is 12.5. The first kappa shape index (κ1) is 32.9. The SMILES string of the molecule is O=C(CCCCCCCCCCN1C(=O)C=CC1=O)NCC(=O)N[C@@H]1[C@@H](O)[C@H](O)[C@@H](Nc2ncnc3nc[nH]c23)O[C@H]1CO. The summed E-state index contributed by atoms with van der Waals surface area (Å²) in [5.74, 6) is -1.10. The van der Waals surface area contributed by atoms with Gasteiger partial charge < -0.3 is 41.0 Å². The number of imidazole rings is 1. The fourth-order valence-electron chi connectivity index (χ4n) is 5.20. The number of nitrogens with zero attached hydrogens (tertiary/aromatic N) is 4. The topological polar surface area (TPSA) is 232 Å². The number of ether oxygens (including phenoxy) is 1. The number of aromatic nitrogens is 4. The third-order valence-corrected chi connectivity index (χ3v) is 7.64. The van der Waals surface area contributed by atoms with Crippen LogP contribution in [0.4, 0.5) is 5.82 Å². The highest BCUT2D eigenvalue weighted by Crippen LogP contribution is 2.24. The van der Waals surface area contributed by atoms with Crippen molar-refractivity contribution in [2.75, 3.05) is 25.0 Å². The Morgan fingerprint density at radius 1 is 0.909 bits per heavy atom. The van der Waals surface area contributed by atoms with Crippen LogP contribution in [-0.4, -0.2) is 114 Å². The second kappa shape index (κ2) is 16.2. The summed E-state index contributed by atoms with van der Waals surface area (Å²) in [5, 5.41) is 39.2. The molecule has 0 bridgehead atoms. The van der Waals surface area contributed by atoms with Crippen molar-refractivity contribution in [3.8, 4) is 0 Å². The Morgan fingerprint density at radius 3 is 2.30 bits per heavy atom. The molecule has 16 nitrogen and oxygen atoms in total. The zero-order chi connectivity index (χ0) is 31.5. The van der Waals surface area contributed by atoms with E-state index in [1.165, 1.54) is 29.7 Å². The van der Waals surface area contributed by atoms with Gasteiger partial charge in [0.15, 0.2) is 17.7 Å². The Hall–Kier alpha value is -3.99. The Kier molecular flexibility index (Phi) is 12.1. The highest BCUT2D eigenvalue weighted by Gasteiger charge is 2.45. The average molecular weight is 617 g/mol. The molecule has 0 saturated carbocycles. The quantitative estimate of drug-likeness (QED) is 0.0859. The number of carbonyl (C=O) groups excluding carboxylic acids is 4. The second-order valence-electron chi connectivity index (χ2n) is 10.8. The van der Waals surface area contributed by atoms with Crippen LogP contribution in [-0.2, 0) is 23.9 Å². The van der Waals surface area contributed by atoms with E-state index >= 15 is 0 Å². The Labute approximate surface area is 253 Å². The number of aromatic amines is 1. The van der Waals surface area contributed by atoms with Gasteiger partial charge in [-0.1, -0.05) is 38.5 Å². The van der Waals surface area contributed by atoms with E-state index < -0.39 is 43.1 Å². The maximum Gasteiger partial charge on any atom is 0.253 e. The van der Waals surface area contributed by atoms with E-state index in [4.69, 9.17) is 4.74 Å². The van der Waals surface area contributed by atoms with Gasteiger partial charge >= 0.3 is 0 Å². The number of H-pyrrole nitrogens is 1. The number of nitrogens with one attached hydrogen (secondary N) is 4. The molecule has 4 rings (SSSR count). The number of hydrogen-bond donors (Lipinski definition) is 7. The van der Waals surface area contributed by atoms with Crippen molar-refractivity contribution in [3.05, 3.63) is 24.8 Å². The second-order valence-corrected chi connectivity index (χ2v) is 10.8. The number of fused-ring (bicyclic) bond motifs is 1. The molecule has 240 valence electrons. The lowest BCUT2D eigenvalue weighted by atomic mass is 9.95. The van der Waals surface area contributed by atoms with Crippen molar-refractivity contribution < 1.29 is 39.2 Å². The number of unbranched alkanes of at least 4 members (excludes halogenated alkanes) is 7. The van der Waals surface area contributed by atoms with Gasteiger partial charge in [-0.15, -0.1) is 0 Å². The zero-order valence-corrected chi connectivity index (χ0v) is 24.4. The van der Waals surface area contributed by atoms with Gasteiger partial charge in [0.1, 0.15) is 30.2 Å². The molecular weight excluding hydrogens is 576 g/mol. The summed E-state index contributed by atoms with van der Waals surface area (Å²) in [5.41, 5.74) is 0.844.